The monoisotopic (exact) mass is 377 g/mol. The maximum atomic E-state index is 13.1. The lowest BCUT2D eigenvalue weighted by Gasteiger charge is -2.54. The van der Waals surface area contributed by atoms with Crippen molar-refractivity contribution in [2.75, 3.05) is 26.7 Å². The van der Waals surface area contributed by atoms with E-state index in [9.17, 15) is 4.79 Å². The molecule has 1 amide bonds. The van der Waals surface area contributed by atoms with Crippen molar-refractivity contribution < 1.29 is 9.53 Å². The number of rotatable bonds is 7. The number of ether oxygens (including phenoxy) is 1. The van der Waals surface area contributed by atoms with E-state index in [-0.39, 0.29) is 23.5 Å². The quantitative estimate of drug-likeness (QED) is 0.740. The molecular weight excluding hydrogens is 342 g/mol. The van der Waals surface area contributed by atoms with Gasteiger partial charge in [0.05, 0.1) is 17.8 Å². The molecule has 3 rings (SSSR count). The fourth-order valence-corrected chi connectivity index (χ4v) is 4.42. The van der Waals surface area contributed by atoms with Crippen molar-refractivity contribution in [3.8, 4) is 0 Å². The van der Waals surface area contributed by atoms with Gasteiger partial charge in [0.25, 0.3) is 5.91 Å². The van der Waals surface area contributed by atoms with E-state index >= 15 is 0 Å². The van der Waals surface area contributed by atoms with Gasteiger partial charge >= 0.3 is 0 Å². The van der Waals surface area contributed by atoms with E-state index in [0.29, 0.717) is 11.7 Å². The fraction of sp³-hybridized carbons (Fsp3) is 0.850. The Morgan fingerprint density at radius 2 is 2.07 bits per heavy atom. The van der Waals surface area contributed by atoms with Crippen LogP contribution in [0.1, 0.15) is 75.1 Å². The molecule has 1 aliphatic carbocycles. The molecular formula is C20H35N5O2. The van der Waals surface area contributed by atoms with E-state index in [1.807, 2.05) is 23.6 Å². The highest BCUT2D eigenvalue weighted by Crippen LogP contribution is 2.45. The van der Waals surface area contributed by atoms with E-state index in [1.54, 1.807) is 0 Å². The molecule has 7 nitrogen and oxygen atoms in total. The molecule has 2 unspecified atom stereocenters. The van der Waals surface area contributed by atoms with Crippen molar-refractivity contribution in [1.82, 2.24) is 25.2 Å². The lowest BCUT2D eigenvalue weighted by molar-refractivity contribution is -0.140. The zero-order valence-electron chi connectivity index (χ0n) is 17.5. The van der Waals surface area contributed by atoms with Gasteiger partial charge in [-0.2, -0.15) is 0 Å². The van der Waals surface area contributed by atoms with E-state index in [4.69, 9.17) is 4.74 Å². The van der Waals surface area contributed by atoms with Crippen LogP contribution in [0.15, 0.2) is 0 Å². The topological polar surface area (TPSA) is 72.3 Å². The molecule has 152 valence electrons. The summed E-state index contributed by atoms with van der Waals surface area (Å²) in [7, 11) is 1.89. The molecule has 0 bridgehead atoms. The van der Waals surface area contributed by atoms with Crippen LogP contribution in [0, 0.1) is 12.3 Å². The van der Waals surface area contributed by atoms with Gasteiger partial charge in [0.1, 0.15) is 0 Å². The number of piperidine rings is 1. The van der Waals surface area contributed by atoms with Crippen molar-refractivity contribution in [3.63, 3.8) is 0 Å². The molecule has 27 heavy (non-hydrogen) atoms. The zero-order valence-corrected chi connectivity index (χ0v) is 17.5. The zero-order chi connectivity index (χ0) is 19.6. The lowest BCUT2D eigenvalue weighted by atomic mass is 9.63. The van der Waals surface area contributed by atoms with Crippen LogP contribution in [-0.4, -0.2) is 64.7 Å². The first kappa shape index (κ1) is 20.3. The average molecular weight is 378 g/mol. The van der Waals surface area contributed by atoms with Crippen molar-refractivity contribution >= 4 is 5.91 Å². The van der Waals surface area contributed by atoms with Gasteiger partial charge in [-0.3, -0.25) is 4.79 Å². The van der Waals surface area contributed by atoms with Gasteiger partial charge in [-0.15, -0.1) is 5.10 Å². The van der Waals surface area contributed by atoms with Crippen molar-refractivity contribution in [1.29, 1.82) is 0 Å². The molecule has 1 aliphatic heterocycles. The first-order chi connectivity index (χ1) is 12.9. The molecule has 1 aromatic rings. The summed E-state index contributed by atoms with van der Waals surface area (Å²) in [4.78, 5) is 15.0. The van der Waals surface area contributed by atoms with Gasteiger partial charge < -0.3 is 15.0 Å². The largest absolute Gasteiger partial charge is 0.378 e. The summed E-state index contributed by atoms with van der Waals surface area (Å²) < 4.78 is 7.98. The van der Waals surface area contributed by atoms with Gasteiger partial charge in [0.15, 0.2) is 5.69 Å². The summed E-state index contributed by atoms with van der Waals surface area (Å²) >= 11 is 0. The summed E-state index contributed by atoms with van der Waals surface area (Å²) in [6.45, 7) is 11.3. The van der Waals surface area contributed by atoms with Gasteiger partial charge in [-0.05, 0) is 45.7 Å². The second kappa shape index (κ2) is 8.27. The Kier molecular flexibility index (Phi) is 6.21. The highest BCUT2D eigenvalue weighted by Gasteiger charge is 2.52. The van der Waals surface area contributed by atoms with Gasteiger partial charge in [0.2, 0.25) is 0 Å². The number of carbonyl (C=O) groups excluding carboxylic acids is 1. The smallest absolute Gasteiger partial charge is 0.276 e. The molecule has 2 fully saturated rings. The second-order valence-electron chi connectivity index (χ2n) is 8.65. The van der Waals surface area contributed by atoms with Crippen LogP contribution in [0.25, 0.3) is 0 Å². The Hall–Kier alpha value is -1.47. The van der Waals surface area contributed by atoms with Gasteiger partial charge in [-0.1, -0.05) is 32.4 Å². The lowest BCUT2D eigenvalue weighted by Crippen LogP contribution is -2.62. The Bertz CT molecular complexity index is 651. The summed E-state index contributed by atoms with van der Waals surface area (Å²) in [5.74, 6) is -0.0298. The minimum Gasteiger partial charge on any atom is -0.378 e. The number of unbranched alkanes of at least 4 members (excludes halogenated alkanes) is 1. The first-order valence-corrected chi connectivity index (χ1v) is 10.4. The Labute approximate surface area is 162 Å². The van der Waals surface area contributed by atoms with E-state index in [0.717, 1.165) is 57.5 Å². The number of aromatic nitrogens is 3. The van der Waals surface area contributed by atoms with Crippen LogP contribution >= 0.6 is 0 Å². The molecule has 1 saturated carbocycles. The molecule has 2 aliphatic rings. The highest BCUT2D eigenvalue weighted by atomic mass is 16.5. The van der Waals surface area contributed by atoms with Crippen molar-refractivity contribution in [2.24, 2.45) is 5.41 Å². The third-order valence-electron chi connectivity index (χ3n) is 6.52. The number of nitrogens with one attached hydrogen (secondary N) is 1. The number of hydrogen-bond donors (Lipinski definition) is 1. The van der Waals surface area contributed by atoms with Crippen molar-refractivity contribution in [2.45, 2.75) is 78.0 Å². The molecule has 1 saturated heterocycles. The number of amides is 1. The molecule has 2 heterocycles. The SMILES string of the molecule is CCCCOC1CC(N(C)C(=O)c2nnn(C3CCNCC3)c2C)C1(C)C. The van der Waals surface area contributed by atoms with Crippen LogP contribution in [0.3, 0.4) is 0 Å². The van der Waals surface area contributed by atoms with Crippen LogP contribution < -0.4 is 5.32 Å². The fourth-order valence-electron chi connectivity index (χ4n) is 4.42. The standard InChI is InChI=1S/C20H35N5O2/c1-6-7-12-27-17-13-16(20(17,3)4)24(5)19(26)18-14(2)25(23-22-18)15-8-10-21-11-9-15/h15-17,21H,6-13H2,1-5H3. The van der Waals surface area contributed by atoms with Crippen molar-refractivity contribution in [3.05, 3.63) is 11.4 Å². The predicted molar refractivity (Wildman–Crippen MR) is 105 cm³/mol. The van der Waals surface area contributed by atoms with Crippen LogP contribution in [0.4, 0.5) is 0 Å². The highest BCUT2D eigenvalue weighted by molar-refractivity contribution is 5.93. The van der Waals surface area contributed by atoms with E-state index < -0.39 is 0 Å². The molecule has 0 aromatic carbocycles. The maximum Gasteiger partial charge on any atom is 0.276 e. The Morgan fingerprint density at radius 3 is 2.70 bits per heavy atom. The number of carbonyl (C=O) groups is 1. The van der Waals surface area contributed by atoms with Crippen LogP contribution in [-0.2, 0) is 4.74 Å². The van der Waals surface area contributed by atoms with Crippen LogP contribution in [0.2, 0.25) is 0 Å². The summed E-state index contributed by atoms with van der Waals surface area (Å²) in [5.41, 5.74) is 1.32. The Balaban J connectivity index is 1.65. The second-order valence-corrected chi connectivity index (χ2v) is 8.65. The molecule has 1 aromatic heterocycles. The maximum absolute atomic E-state index is 13.1. The van der Waals surface area contributed by atoms with Gasteiger partial charge in [0, 0.05) is 25.1 Å². The Morgan fingerprint density at radius 1 is 1.37 bits per heavy atom. The average Bonchev–Trinajstić information content (AvgIpc) is 3.05. The van der Waals surface area contributed by atoms with E-state index in [1.165, 1.54) is 0 Å². The normalized spacial score (nSPS) is 25.2. The minimum atomic E-state index is -0.0446. The summed E-state index contributed by atoms with van der Waals surface area (Å²) in [6, 6.07) is 0.502. The molecule has 0 spiro atoms. The van der Waals surface area contributed by atoms with E-state index in [2.05, 4.69) is 36.4 Å². The number of hydrogen-bond acceptors (Lipinski definition) is 5. The molecule has 1 N–H and O–H groups in total. The predicted octanol–water partition coefficient (Wildman–Crippen LogP) is 2.57. The minimum absolute atomic E-state index is 0.0298. The summed E-state index contributed by atoms with van der Waals surface area (Å²) in [5, 5.41) is 11.9. The van der Waals surface area contributed by atoms with Gasteiger partial charge in [-0.25, -0.2) is 4.68 Å². The molecule has 0 radical (unpaired) electrons. The van der Waals surface area contributed by atoms with Crippen LogP contribution in [0.5, 0.6) is 0 Å². The molecule has 2 atom stereocenters. The third-order valence-corrected chi connectivity index (χ3v) is 6.52. The third kappa shape index (κ3) is 3.90. The summed E-state index contributed by atoms with van der Waals surface area (Å²) in [6.07, 6.45) is 5.39. The number of nitrogens with zero attached hydrogens (tertiary/aromatic N) is 4. The first-order valence-electron chi connectivity index (χ1n) is 10.4. The molecule has 7 heteroatoms.